The Morgan fingerprint density at radius 1 is 1.25 bits per heavy atom. The second-order valence-electron chi connectivity index (χ2n) is 5.54. The third kappa shape index (κ3) is 2.65. The van der Waals surface area contributed by atoms with Crippen LogP contribution in [0.2, 0.25) is 0 Å². The van der Waals surface area contributed by atoms with Crippen molar-refractivity contribution in [3.63, 3.8) is 0 Å². The lowest BCUT2D eigenvalue weighted by atomic mass is 9.99. The van der Waals surface area contributed by atoms with Gasteiger partial charge in [-0.1, -0.05) is 13.8 Å². The maximum atomic E-state index is 13.9. The third-order valence-corrected chi connectivity index (χ3v) is 3.39. The number of hydrogen-bond donors (Lipinski definition) is 1. The van der Waals surface area contributed by atoms with E-state index in [1.54, 1.807) is 0 Å². The maximum Gasteiger partial charge on any atom is 0.224 e. The number of rotatable bonds is 3. The molecule has 1 aromatic carbocycles. The highest BCUT2D eigenvalue weighted by Gasteiger charge is 2.40. The lowest BCUT2D eigenvalue weighted by Crippen LogP contribution is -2.36. The molecule has 2 atom stereocenters. The summed E-state index contributed by atoms with van der Waals surface area (Å²) in [6, 6.07) is -0.0879. The van der Waals surface area contributed by atoms with Crippen LogP contribution in [0.25, 0.3) is 0 Å². The molecule has 2 unspecified atom stereocenters. The van der Waals surface area contributed by atoms with Gasteiger partial charge in [-0.05, 0) is 12.0 Å². The van der Waals surface area contributed by atoms with E-state index in [2.05, 4.69) is 0 Å². The third-order valence-electron chi connectivity index (χ3n) is 3.39. The lowest BCUT2D eigenvalue weighted by molar-refractivity contribution is -0.129. The van der Waals surface area contributed by atoms with Crippen molar-refractivity contribution in [1.82, 2.24) is 4.90 Å². The fourth-order valence-electron chi connectivity index (χ4n) is 2.59. The van der Waals surface area contributed by atoms with Crippen LogP contribution in [-0.4, -0.2) is 23.4 Å². The van der Waals surface area contributed by atoms with Gasteiger partial charge in [-0.25, -0.2) is 13.2 Å². The van der Waals surface area contributed by atoms with Crippen LogP contribution in [0.15, 0.2) is 12.1 Å². The molecule has 20 heavy (non-hydrogen) atoms. The van der Waals surface area contributed by atoms with E-state index in [1.165, 1.54) is 4.90 Å². The molecule has 1 heterocycles. The Bertz CT molecular complexity index is 533. The number of nitrogens with zero attached hydrogens (tertiary/aromatic N) is 1. The van der Waals surface area contributed by atoms with E-state index in [-0.39, 0.29) is 23.8 Å². The summed E-state index contributed by atoms with van der Waals surface area (Å²) >= 11 is 0. The maximum absolute atomic E-state index is 13.9. The van der Waals surface area contributed by atoms with Crippen LogP contribution >= 0.6 is 0 Å². The number of nitrogens with two attached hydrogens (primary N) is 1. The summed E-state index contributed by atoms with van der Waals surface area (Å²) in [5.74, 6) is -3.30. The van der Waals surface area contributed by atoms with E-state index in [9.17, 15) is 18.0 Å². The summed E-state index contributed by atoms with van der Waals surface area (Å²) < 4.78 is 40.2. The van der Waals surface area contributed by atoms with Gasteiger partial charge in [0.2, 0.25) is 5.91 Å². The van der Waals surface area contributed by atoms with E-state index in [1.807, 2.05) is 13.8 Å². The molecule has 0 aliphatic carbocycles. The molecule has 110 valence electrons. The van der Waals surface area contributed by atoms with Crippen molar-refractivity contribution in [2.75, 3.05) is 6.54 Å². The average molecular weight is 286 g/mol. The number of benzene rings is 1. The predicted molar refractivity (Wildman–Crippen MR) is 68.2 cm³/mol. The summed E-state index contributed by atoms with van der Waals surface area (Å²) in [5.41, 5.74) is 5.81. The number of carbonyl (C=O) groups excluding carboxylic acids is 1. The first-order valence-electron chi connectivity index (χ1n) is 6.50. The Hall–Kier alpha value is -1.56. The van der Waals surface area contributed by atoms with Crippen molar-refractivity contribution in [3.8, 4) is 0 Å². The summed E-state index contributed by atoms with van der Waals surface area (Å²) in [7, 11) is 0. The van der Waals surface area contributed by atoms with E-state index in [0.717, 1.165) is 6.07 Å². The summed E-state index contributed by atoms with van der Waals surface area (Å²) in [4.78, 5) is 13.4. The number of likely N-dealkylation sites (tertiary alicyclic amines) is 1. The van der Waals surface area contributed by atoms with Crippen molar-refractivity contribution in [1.29, 1.82) is 0 Å². The van der Waals surface area contributed by atoms with Crippen LogP contribution in [0.4, 0.5) is 13.2 Å². The van der Waals surface area contributed by atoms with Gasteiger partial charge in [0.15, 0.2) is 11.6 Å². The van der Waals surface area contributed by atoms with Crippen LogP contribution in [0, 0.1) is 23.4 Å². The molecule has 3 nitrogen and oxygen atoms in total. The Morgan fingerprint density at radius 3 is 2.45 bits per heavy atom. The van der Waals surface area contributed by atoms with Crippen molar-refractivity contribution in [2.45, 2.75) is 32.4 Å². The van der Waals surface area contributed by atoms with Crippen molar-refractivity contribution in [3.05, 3.63) is 35.1 Å². The number of halogens is 3. The van der Waals surface area contributed by atoms with Gasteiger partial charge in [-0.3, -0.25) is 4.79 Å². The number of amides is 1. The second-order valence-corrected chi connectivity index (χ2v) is 5.54. The zero-order valence-electron chi connectivity index (χ0n) is 11.4. The average Bonchev–Trinajstić information content (AvgIpc) is 2.59. The SMILES string of the molecule is CC(C)CN1C(=O)CC(N)C1c1cc(F)c(F)cc1F. The van der Waals surface area contributed by atoms with Crippen LogP contribution in [0.3, 0.4) is 0 Å². The minimum absolute atomic E-state index is 0.0668. The molecule has 1 aliphatic rings. The summed E-state index contributed by atoms with van der Waals surface area (Å²) in [6.07, 6.45) is 0.0792. The zero-order chi connectivity index (χ0) is 15.0. The fraction of sp³-hybridized carbons (Fsp3) is 0.500. The largest absolute Gasteiger partial charge is 0.334 e. The number of carbonyl (C=O) groups is 1. The highest BCUT2D eigenvalue weighted by Crippen LogP contribution is 2.34. The van der Waals surface area contributed by atoms with Crippen LogP contribution in [0.1, 0.15) is 31.9 Å². The van der Waals surface area contributed by atoms with Gasteiger partial charge in [-0.15, -0.1) is 0 Å². The molecule has 6 heteroatoms. The molecule has 1 aliphatic heterocycles. The molecule has 0 aromatic heterocycles. The Kier molecular flexibility index (Phi) is 4.04. The van der Waals surface area contributed by atoms with Crippen LogP contribution < -0.4 is 5.73 Å². The first kappa shape index (κ1) is 14.8. The molecule has 1 aromatic rings. The highest BCUT2D eigenvalue weighted by atomic mass is 19.2. The van der Waals surface area contributed by atoms with Crippen molar-refractivity contribution >= 4 is 5.91 Å². The molecular weight excluding hydrogens is 269 g/mol. The van der Waals surface area contributed by atoms with Crippen LogP contribution in [-0.2, 0) is 4.79 Å². The van der Waals surface area contributed by atoms with Gasteiger partial charge in [0.05, 0.1) is 6.04 Å². The van der Waals surface area contributed by atoms with E-state index in [0.29, 0.717) is 12.6 Å². The molecule has 1 saturated heterocycles. The van der Waals surface area contributed by atoms with Gasteiger partial charge >= 0.3 is 0 Å². The van der Waals surface area contributed by atoms with E-state index >= 15 is 0 Å². The molecule has 2 N–H and O–H groups in total. The topological polar surface area (TPSA) is 46.3 Å². The standard InChI is InChI=1S/C14H17F3N2O/c1-7(2)6-19-13(20)5-12(18)14(19)8-3-10(16)11(17)4-9(8)15/h3-4,7,12,14H,5-6,18H2,1-2H3. The number of hydrogen-bond acceptors (Lipinski definition) is 2. The molecule has 2 rings (SSSR count). The normalized spacial score (nSPS) is 22.9. The van der Waals surface area contributed by atoms with Crippen molar-refractivity contribution in [2.24, 2.45) is 11.7 Å². The van der Waals surface area contributed by atoms with Gasteiger partial charge < -0.3 is 10.6 Å². The molecule has 0 spiro atoms. The summed E-state index contributed by atoms with van der Waals surface area (Å²) in [6.45, 7) is 4.22. The second kappa shape index (κ2) is 5.44. The van der Waals surface area contributed by atoms with Gasteiger partial charge in [0.25, 0.3) is 0 Å². The van der Waals surface area contributed by atoms with Crippen LogP contribution in [0.5, 0.6) is 0 Å². The molecule has 1 amide bonds. The summed E-state index contributed by atoms with van der Waals surface area (Å²) in [5, 5.41) is 0. The first-order valence-corrected chi connectivity index (χ1v) is 6.50. The van der Waals surface area contributed by atoms with Gasteiger partial charge in [0.1, 0.15) is 5.82 Å². The smallest absolute Gasteiger partial charge is 0.224 e. The molecular formula is C14H17F3N2O. The molecule has 0 saturated carbocycles. The first-order chi connectivity index (χ1) is 9.31. The minimum Gasteiger partial charge on any atom is -0.334 e. The quantitative estimate of drug-likeness (QED) is 0.867. The zero-order valence-corrected chi connectivity index (χ0v) is 11.4. The fourth-order valence-corrected chi connectivity index (χ4v) is 2.59. The predicted octanol–water partition coefficient (Wildman–Crippen LogP) is 2.36. The van der Waals surface area contributed by atoms with E-state index in [4.69, 9.17) is 5.73 Å². The Morgan fingerprint density at radius 2 is 1.85 bits per heavy atom. The highest BCUT2D eigenvalue weighted by molar-refractivity contribution is 5.80. The monoisotopic (exact) mass is 286 g/mol. The van der Waals surface area contributed by atoms with Crippen molar-refractivity contribution < 1.29 is 18.0 Å². The lowest BCUT2D eigenvalue weighted by Gasteiger charge is -2.29. The minimum atomic E-state index is -1.25. The molecule has 0 bridgehead atoms. The van der Waals surface area contributed by atoms with Gasteiger partial charge in [0, 0.05) is 30.6 Å². The van der Waals surface area contributed by atoms with Gasteiger partial charge in [-0.2, -0.15) is 0 Å². The Labute approximate surface area is 115 Å². The molecule has 0 radical (unpaired) electrons. The van der Waals surface area contributed by atoms with E-state index < -0.39 is 29.5 Å². The Balaban J connectivity index is 2.42. The molecule has 1 fully saturated rings.